The van der Waals surface area contributed by atoms with Crippen LogP contribution in [0.5, 0.6) is 11.6 Å². The predicted octanol–water partition coefficient (Wildman–Crippen LogP) is 1.58. The molecule has 0 atom stereocenters. The summed E-state index contributed by atoms with van der Waals surface area (Å²) in [6.45, 7) is 1.62. The van der Waals surface area contributed by atoms with Crippen LogP contribution in [-0.2, 0) is 7.05 Å². The molecule has 1 N–H and O–H groups in total. The predicted molar refractivity (Wildman–Crippen MR) is 67.7 cm³/mol. The van der Waals surface area contributed by atoms with Crippen molar-refractivity contribution in [2.75, 3.05) is 0 Å². The Kier molecular flexibility index (Phi) is 3.33. The zero-order valence-electron chi connectivity index (χ0n) is 10.5. The van der Waals surface area contributed by atoms with Crippen molar-refractivity contribution in [3.05, 3.63) is 52.1 Å². The van der Waals surface area contributed by atoms with Gasteiger partial charge >= 0.3 is 11.5 Å². The van der Waals surface area contributed by atoms with E-state index in [-0.39, 0.29) is 17.0 Å². The number of ether oxygens (including phenoxy) is 1. The Balaban J connectivity index is 2.45. The van der Waals surface area contributed by atoms with Gasteiger partial charge in [0.25, 0.3) is 5.88 Å². The van der Waals surface area contributed by atoms with Crippen molar-refractivity contribution in [3.8, 4) is 11.6 Å². The lowest BCUT2D eigenvalue weighted by Crippen LogP contribution is -2.18. The van der Waals surface area contributed by atoms with Crippen LogP contribution in [0.1, 0.15) is 15.9 Å². The Labute approximate surface area is 108 Å². The van der Waals surface area contributed by atoms with Crippen molar-refractivity contribution >= 4 is 5.97 Å². The minimum Gasteiger partial charge on any atom is -0.478 e. The van der Waals surface area contributed by atoms with E-state index >= 15 is 0 Å². The SMILES string of the molecule is Cc1c(Oc2nccn(C)c2=O)cccc1C(=O)O. The number of nitrogens with zero attached hydrogens (tertiary/aromatic N) is 2. The fourth-order valence-electron chi connectivity index (χ4n) is 1.61. The van der Waals surface area contributed by atoms with Gasteiger partial charge in [-0.05, 0) is 19.1 Å². The first-order valence-corrected chi connectivity index (χ1v) is 5.53. The minimum atomic E-state index is -1.04. The molecule has 6 heteroatoms. The van der Waals surface area contributed by atoms with Gasteiger partial charge in [0.1, 0.15) is 5.75 Å². The van der Waals surface area contributed by atoms with Crippen LogP contribution in [0.15, 0.2) is 35.4 Å². The molecule has 0 radical (unpaired) electrons. The minimum absolute atomic E-state index is 0.0874. The number of aromatic nitrogens is 2. The van der Waals surface area contributed by atoms with Gasteiger partial charge in [0.15, 0.2) is 0 Å². The average molecular weight is 260 g/mol. The maximum absolute atomic E-state index is 11.8. The Morgan fingerprint density at radius 2 is 2.16 bits per heavy atom. The third-order valence-corrected chi connectivity index (χ3v) is 2.71. The van der Waals surface area contributed by atoms with Gasteiger partial charge in [-0.3, -0.25) is 4.79 Å². The fraction of sp³-hybridized carbons (Fsp3) is 0.154. The van der Waals surface area contributed by atoms with Gasteiger partial charge in [-0.25, -0.2) is 9.78 Å². The first kappa shape index (κ1) is 12.8. The summed E-state index contributed by atoms with van der Waals surface area (Å²) in [6.07, 6.45) is 2.95. The van der Waals surface area contributed by atoms with Gasteiger partial charge in [-0.2, -0.15) is 0 Å². The number of hydrogen-bond donors (Lipinski definition) is 1. The van der Waals surface area contributed by atoms with Crippen LogP contribution in [0.2, 0.25) is 0 Å². The number of rotatable bonds is 3. The van der Waals surface area contributed by atoms with Crippen LogP contribution in [0.25, 0.3) is 0 Å². The number of hydrogen-bond acceptors (Lipinski definition) is 4. The fourth-order valence-corrected chi connectivity index (χ4v) is 1.61. The maximum Gasteiger partial charge on any atom is 0.336 e. The van der Waals surface area contributed by atoms with E-state index in [1.807, 2.05) is 0 Å². The van der Waals surface area contributed by atoms with Crippen LogP contribution in [0.3, 0.4) is 0 Å². The second kappa shape index (κ2) is 4.93. The maximum atomic E-state index is 11.8. The molecule has 0 aliphatic heterocycles. The number of aromatic carboxylic acids is 1. The van der Waals surface area contributed by atoms with E-state index in [1.165, 1.54) is 23.0 Å². The molecular weight excluding hydrogens is 248 g/mol. The molecular formula is C13H12N2O4. The molecule has 0 fully saturated rings. The standard InChI is InChI=1S/C13H12N2O4/c1-8-9(13(17)18)4-3-5-10(8)19-11-12(16)15(2)7-6-14-11/h3-7H,1-2H3,(H,17,18). The molecule has 0 saturated carbocycles. The number of carbonyl (C=O) groups is 1. The molecule has 0 unspecified atom stereocenters. The van der Waals surface area contributed by atoms with E-state index in [2.05, 4.69) is 4.98 Å². The van der Waals surface area contributed by atoms with Crippen LogP contribution >= 0.6 is 0 Å². The van der Waals surface area contributed by atoms with Crippen molar-refractivity contribution in [1.29, 1.82) is 0 Å². The zero-order valence-corrected chi connectivity index (χ0v) is 10.5. The van der Waals surface area contributed by atoms with E-state index in [0.717, 1.165) is 0 Å². The topological polar surface area (TPSA) is 81.4 Å². The monoisotopic (exact) mass is 260 g/mol. The number of aryl methyl sites for hydroxylation is 1. The first-order valence-electron chi connectivity index (χ1n) is 5.53. The summed E-state index contributed by atoms with van der Waals surface area (Å²) in [5, 5.41) is 9.02. The normalized spacial score (nSPS) is 10.2. The first-order chi connectivity index (χ1) is 9.00. The quantitative estimate of drug-likeness (QED) is 0.906. The zero-order chi connectivity index (χ0) is 14.0. The van der Waals surface area contributed by atoms with Gasteiger partial charge < -0.3 is 14.4 Å². The molecule has 98 valence electrons. The highest BCUT2D eigenvalue weighted by Gasteiger charge is 2.13. The summed E-state index contributed by atoms with van der Waals surface area (Å²) in [4.78, 5) is 26.6. The molecule has 1 aromatic carbocycles. The van der Waals surface area contributed by atoms with Gasteiger partial charge in [0.2, 0.25) is 0 Å². The lowest BCUT2D eigenvalue weighted by Gasteiger charge is -2.09. The van der Waals surface area contributed by atoms with Crippen molar-refractivity contribution in [2.24, 2.45) is 7.05 Å². The molecule has 1 heterocycles. The molecule has 0 aliphatic carbocycles. The molecule has 0 bridgehead atoms. The largest absolute Gasteiger partial charge is 0.478 e. The Hall–Kier alpha value is -2.63. The van der Waals surface area contributed by atoms with Gasteiger partial charge in [0.05, 0.1) is 5.56 Å². The van der Waals surface area contributed by atoms with E-state index in [1.54, 1.807) is 26.1 Å². The molecule has 6 nitrogen and oxygen atoms in total. The summed E-state index contributed by atoms with van der Waals surface area (Å²) in [6, 6.07) is 4.62. The Bertz CT molecular complexity index is 691. The molecule has 2 rings (SSSR count). The second-order valence-electron chi connectivity index (χ2n) is 3.98. The highest BCUT2D eigenvalue weighted by atomic mass is 16.5. The van der Waals surface area contributed by atoms with Crippen LogP contribution in [0.4, 0.5) is 0 Å². The van der Waals surface area contributed by atoms with E-state index < -0.39 is 5.97 Å². The Morgan fingerprint density at radius 1 is 1.42 bits per heavy atom. The van der Waals surface area contributed by atoms with Gasteiger partial charge in [0, 0.05) is 25.0 Å². The van der Waals surface area contributed by atoms with Crippen molar-refractivity contribution in [1.82, 2.24) is 9.55 Å². The number of carboxylic acid groups (broad SMARTS) is 1. The number of benzene rings is 1. The average Bonchev–Trinajstić information content (AvgIpc) is 2.37. The van der Waals surface area contributed by atoms with Gasteiger partial charge in [-0.15, -0.1) is 0 Å². The number of carboxylic acids is 1. The second-order valence-corrected chi connectivity index (χ2v) is 3.98. The van der Waals surface area contributed by atoms with Crippen molar-refractivity contribution in [3.63, 3.8) is 0 Å². The van der Waals surface area contributed by atoms with Crippen LogP contribution in [-0.4, -0.2) is 20.6 Å². The van der Waals surface area contributed by atoms with Crippen molar-refractivity contribution in [2.45, 2.75) is 6.92 Å². The summed E-state index contributed by atoms with van der Waals surface area (Å²) in [7, 11) is 1.58. The molecule has 1 aromatic heterocycles. The highest BCUT2D eigenvalue weighted by molar-refractivity contribution is 5.90. The smallest absolute Gasteiger partial charge is 0.336 e. The summed E-state index contributed by atoms with van der Waals surface area (Å²) >= 11 is 0. The molecule has 0 spiro atoms. The van der Waals surface area contributed by atoms with Crippen molar-refractivity contribution < 1.29 is 14.6 Å². The van der Waals surface area contributed by atoms with Crippen LogP contribution in [0, 0.1) is 6.92 Å². The lowest BCUT2D eigenvalue weighted by molar-refractivity contribution is 0.0695. The molecule has 19 heavy (non-hydrogen) atoms. The van der Waals surface area contributed by atoms with E-state index in [0.29, 0.717) is 11.3 Å². The van der Waals surface area contributed by atoms with E-state index in [4.69, 9.17) is 9.84 Å². The molecule has 0 saturated heterocycles. The van der Waals surface area contributed by atoms with E-state index in [9.17, 15) is 9.59 Å². The Morgan fingerprint density at radius 3 is 2.84 bits per heavy atom. The van der Waals surface area contributed by atoms with Gasteiger partial charge in [-0.1, -0.05) is 6.07 Å². The lowest BCUT2D eigenvalue weighted by atomic mass is 10.1. The van der Waals surface area contributed by atoms with Crippen LogP contribution < -0.4 is 10.3 Å². The molecule has 2 aromatic rings. The summed E-state index contributed by atoms with van der Waals surface area (Å²) < 4.78 is 6.74. The molecule has 0 aliphatic rings. The molecule has 0 amide bonds. The third-order valence-electron chi connectivity index (χ3n) is 2.71. The third kappa shape index (κ3) is 2.47. The summed E-state index contributed by atoms with van der Waals surface area (Å²) in [5.41, 5.74) is 0.190. The highest BCUT2D eigenvalue weighted by Crippen LogP contribution is 2.24. The summed E-state index contributed by atoms with van der Waals surface area (Å²) in [5.74, 6) is -0.830.